The average molecular weight is 584 g/mol. The van der Waals surface area contributed by atoms with Crippen LogP contribution in [0.25, 0.3) is 0 Å². The number of ether oxygens (including phenoxy) is 1. The molecular formula is C30H32F3N5O4. The van der Waals surface area contributed by atoms with E-state index in [1.54, 1.807) is 17.0 Å². The van der Waals surface area contributed by atoms with Crippen molar-refractivity contribution in [2.75, 3.05) is 62.0 Å². The number of carbonyl (C=O) groups is 3. The van der Waals surface area contributed by atoms with Crippen molar-refractivity contribution < 1.29 is 32.3 Å². The van der Waals surface area contributed by atoms with Crippen molar-refractivity contribution in [2.24, 2.45) is 0 Å². The van der Waals surface area contributed by atoms with Gasteiger partial charge in [0.15, 0.2) is 0 Å². The van der Waals surface area contributed by atoms with E-state index in [4.69, 9.17) is 4.74 Å². The van der Waals surface area contributed by atoms with Gasteiger partial charge in [-0.1, -0.05) is 36.4 Å². The number of hydrogen-bond donors (Lipinski definition) is 2. The minimum atomic E-state index is -4.49. The predicted octanol–water partition coefficient (Wildman–Crippen LogP) is 4.67. The van der Waals surface area contributed by atoms with E-state index < -0.39 is 17.8 Å². The van der Waals surface area contributed by atoms with Gasteiger partial charge in [-0.25, -0.2) is 4.79 Å². The van der Waals surface area contributed by atoms with Crippen LogP contribution in [0.15, 0.2) is 78.9 Å². The molecule has 3 aromatic rings. The number of urea groups is 1. The highest BCUT2D eigenvalue weighted by atomic mass is 19.4. The van der Waals surface area contributed by atoms with Crippen molar-refractivity contribution >= 4 is 34.9 Å². The van der Waals surface area contributed by atoms with Gasteiger partial charge in [-0.15, -0.1) is 0 Å². The highest BCUT2D eigenvalue weighted by Gasteiger charge is 2.31. The molecule has 0 aliphatic carbocycles. The number of benzene rings is 3. The molecule has 0 radical (unpaired) electrons. The van der Waals surface area contributed by atoms with Crippen molar-refractivity contribution in [2.45, 2.75) is 12.7 Å². The number of anilines is 3. The number of hydrogen-bond acceptors (Lipinski definition) is 5. The molecule has 1 aliphatic heterocycles. The van der Waals surface area contributed by atoms with Gasteiger partial charge >= 0.3 is 12.2 Å². The Balaban J connectivity index is 1.27. The zero-order chi connectivity index (χ0) is 30.1. The van der Waals surface area contributed by atoms with Gasteiger partial charge in [0.1, 0.15) is 13.2 Å². The predicted molar refractivity (Wildman–Crippen MR) is 153 cm³/mol. The fourth-order valence-corrected chi connectivity index (χ4v) is 4.52. The second-order valence-electron chi connectivity index (χ2n) is 9.75. The summed E-state index contributed by atoms with van der Waals surface area (Å²) in [5.41, 5.74) is 1.62. The summed E-state index contributed by atoms with van der Waals surface area (Å²) >= 11 is 0. The molecule has 0 bridgehead atoms. The van der Waals surface area contributed by atoms with Gasteiger partial charge in [-0.05, 0) is 48.0 Å². The first kappa shape index (κ1) is 30.4. The van der Waals surface area contributed by atoms with Gasteiger partial charge in [-0.2, -0.15) is 13.2 Å². The molecule has 0 aromatic heterocycles. The average Bonchev–Trinajstić information content (AvgIpc) is 2.98. The van der Waals surface area contributed by atoms with E-state index in [-0.39, 0.29) is 37.2 Å². The first-order valence-corrected chi connectivity index (χ1v) is 13.3. The number of carbonyl (C=O) groups excluding carboxylic acids is 3. The van der Waals surface area contributed by atoms with Gasteiger partial charge in [0.25, 0.3) is 0 Å². The van der Waals surface area contributed by atoms with Gasteiger partial charge in [0, 0.05) is 56.9 Å². The van der Waals surface area contributed by atoms with E-state index in [1.807, 2.05) is 42.5 Å². The molecule has 12 heteroatoms. The third-order valence-electron chi connectivity index (χ3n) is 6.70. The zero-order valence-electron chi connectivity index (χ0n) is 23.1. The fourth-order valence-electron chi connectivity index (χ4n) is 4.52. The second-order valence-corrected chi connectivity index (χ2v) is 9.75. The molecule has 0 saturated carbocycles. The van der Waals surface area contributed by atoms with Crippen molar-refractivity contribution in [1.29, 1.82) is 0 Å². The van der Waals surface area contributed by atoms with Crippen LogP contribution in [0.4, 0.5) is 35.0 Å². The molecule has 1 fully saturated rings. The second kappa shape index (κ2) is 13.9. The summed E-state index contributed by atoms with van der Waals surface area (Å²) in [6, 6.07) is 20.7. The summed E-state index contributed by atoms with van der Waals surface area (Å²) in [6.45, 7) is 1.83. The van der Waals surface area contributed by atoms with Gasteiger partial charge in [0.05, 0.1) is 5.56 Å². The van der Waals surface area contributed by atoms with E-state index in [9.17, 15) is 27.6 Å². The molecular weight excluding hydrogens is 551 g/mol. The highest BCUT2D eigenvalue weighted by Crippen LogP contribution is 2.30. The lowest BCUT2D eigenvalue weighted by Gasteiger charge is -2.36. The van der Waals surface area contributed by atoms with Crippen LogP contribution >= 0.6 is 0 Å². The van der Waals surface area contributed by atoms with Crippen molar-refractivity contribution in [3.05, 3.63) is 90.0 Å². The lowest BCUT2D eigenvalue weighted by atomic mass is 10.2. The first-order chi connectivity index (χ1) is 20.1. The van der Waals surface area contributed by atoms with Crippen molar-refractivity contribution in [3.63, 3.8) is 0 Å². The third kappa shape index (κ3) is 8.46. The molecule has 1 aliphatic rings. The standard InChI is InChI=1S/C30H32F3N5O4/c1-42-21-28(40)38(19-22-6-3-2-4-7-22)20-27(39)34-24-10-12-26(13-11-24)36-14-16-37(17-15-36)29(41)35-25-9-5-8-23(18-25)30(31,32)33/h2-13,18H,14-17,19-21H2,1H3,(H,34,39)(H,35,41). The Hall–Kier alpha value is -4.58. The Kier molecular flexibility index (Phi) is 10.0. The number of alkyl halides is 3. The largest absolute Gasteiger partial charge is 0.416 e. The molecule has 3 aromatic carbocycles. The minimum Gasteiger partial charge on any atom is -0.375 e. The summed E-state index contributed by atoms with van der Waals surface area (Å²) in [5.74, 6) is -0.641. The smallest absolute Gasteiger partial charge is 0.375 e. The van der Waals surface area contributed by atoms with Gasteiger partial charge < -0.3 is 30.1 Å². The molecule has 2 N–H and O–H groups in total. The van der Waals surface area contributed by atoms with Crippen LogP contribution in [0, 0.1) is 0 Å². The maximum atomic E-state index is 13.0. The normalized spacial score (nSPS) is 13.4. The van der Waals surface area contributed by atoms with Crippen LogP contribution in [0.3, 0.4) is 0 Å². The van der Waals surface area contributed by atoms with Crippen LogP contribution in [0.1, 0.15) is 11.1 Å². The van der Waals surface area contributed by atoms with Crippen LogP contribution in [-0.2, 0) is 27.0 Å². The van der Waals surface area contributed by atoms with E-state index in [1.165, 1.54) is 24.1 Å². The maximum Gasteiger partial charge on any atom is 0.416 e. The van der Waals surface area contributed by atoms with Crippen molar-refractivity contribution in [1.82, 2.24) is 9.80 Å². The van der Waals surface area contributed by atoms with Gasteiger partial charge in [-0.3, -0.25) is 9.59 Å². The molecule has 222 valence electrons. The van der Waals surface area contributed by atoms with Crippen LogP contribution < -0.4 is 15.5 Å². The molecule has 1 saturated heterocycles. The lowest BCUT2D eigenvalue weighted by molar-refractivity contribution is -0.138. The Labute approximate surface area is 241 Å². The molecule has 0 unspecified atom stereocenters. The molecule has 0 spiro atoms. The SMILES string of the molecule is COCC(=O)N(CC(=O)Nc1ccc(N2CCN(C(=O)Nc3cccc(C(F)(F)F)c3)CC2)cc1)Cc1ccccc1. The minimum absolute atomic E-state index is 0.0844. The molecule has 4 amide bonds. The number of piperazine rings is 1. The quantitative estimate of drug-likeness (QED) is 0.382. The summed E-state index contributed by atoms with van der Waals surface area (Å²) in [7, 11) is 1.43. The Morgan fingerprint density at radius 2 is 1.55 bits per heavy atom. The third-order valence-corrected chi connectivity index (χ3v) is 6.70. The highest BCUT2D eigenvalue weighted by molar-refractivity contribution is 5.95. The zero-order valence-corrected chi connectivity index (χ0v) is 23.1. The number of nitrogens with one attached hydrogen (secondary N) is 2. The number of methoxy groups -OCH3 is 1. The number of halogens is 3. The van der Waals surface area contributed by atoms with Crippen molar-refractivity contribution in [3.8, 4) is 0 Å². The maximum absolute atomic E-state index is 13.0. The lowest BCUT2D eigenvalue weighted by Crippen LogP contribution is -2.50. The summed E-state index contributed by atoms with van der Waals surface area (Å²) in [4.78, 5) is 42.9. The van der Waals surface area contributed by atoms with E-state index in [0.717, 1.165) is 23.4 Å². The number of nitrogens with zero attached hydrogens (tertiary/aromatic N) is 3. The van der Waals surface area contributed by atoms with E-state index in [0.29, 0.717) is 31.9 Å². The van der Waals surface area contributed by atoms with Crippen LogP contribution in [0.2, 0.25) is 0 Å². The Morgan fingerprint density at radius 1 is 0.857 bits per heavy atom. The monoisotopic (exact) mass is 583 g/mol. The summed E-state index contributed by atoms with van der Waals surface area (Å²) in [6.07, 6.45) is -4.49. The first-order valence-electron chi connectivity index (χ1n) is 13.3. The van der Waals surface area contributed by atoms with Crippen LogP contribution in [-0.4, -0.2) is 74.1 Å². The summed E-state index contributed by atoms with van der Waals surface area (Å²) < 4.78 is 43.9. The van der Waals surface area contributed by atoms with Gasteiger partial charge in [0.2, 0.25) is 11.8 Å². The topological polar surface area (TPSA) is 94.2 Å². The number of amides is 4. The Bertz CT molecular complexity index is 1360. The number of rotatable bonds is 9. The van der Waals surface area contributed by atoms with E-state index in [2.05, 4.69) is 15.5 Å². The fraction of sp³-hybridized carbons (Fsp3) is 0.300. The molecule has 42 heavy (non-hydrogen) atoms. The van der Waals surface area contributed by atoms with Crippen LogP contribution in [0.5, 0.6) is 0 Å². The molecule has 4 rings (SSSR count). The molecule has 0 atom stereocenters. The summed E-state index contributed by atoms with van der Waals surface area (Å²) in [5, 5.41) is 5.36. The van der Waals surface area contributed by atoms with E-state index >= 15 is 0 Å². The Morgan fingerprint density at radius 3 is 2.19 bits per heavy atom. The molecule has 1 heterocycles. The molecule has 9 nitrogen and oxygen atoms in total.